The average Bonchev–Trinajstić information content (AvgIpc) is 2.30. The van der Waals surface area contributed by atoms with Crippen LogP contribution in [0.1, 0.15) is 5.56 Å². The third kappa shape index (κ3) is 2.89. The van der Waals surface area contributed by atoms with Crippen molar-refractivity contribution in [3.63, 3.8) is 0 Å². The van der Waals surface area contributed by atoms with Gasteiger partial charge in [0.05, 0.1) is 5.02 Å². The SMILES string of the molecule is Cl.Cl.Clc1ccnc2c1CNCCO2. The molecule has 0 radical (unpaired) electrons. The second-order valence-electron chi connectivity index (χ2n) is 2.60. The molecule has 6 heteroatoms. The number of halogens is 3. The van der Waals surface area contributed by atoms with Gasteiger partial charge in [-0.15, -0.1) is 24.8 Å². The van der Waals surface area contributed by atoms with E-state index in [1.807, 2.05) is 0 Å². The third-order valence-electron chi connectivity index (χ3n) is 1.78. The molecule has 1 aliphatic heterocycles. The number of nitrogens with one attached hydrogen (secondary N) is 1. The molecule has 0 aromatic carbocycles. The number of hydrogen-bond acceptors (Lipinski definition) is 3. The number of ether oxygens (including phenoxy) is 1. The maximum absolute atomic E-state index is 5.95. The number of nitrogens with zero attached hydrogens (tertiary/aromatic N) is 1. The summed E-state index contributed by atoms with van der Waals surface area (Å²) >= 11 is 5.95. The van der Waals surface area contributed by atoms with Gasteiger partial charge >= 0.3 is 0 Å². The van der Waals surface area contributed by atoms with Gasteiger partial charge in [0.2, 0.25) is 5.88 Å². The number of fused-ring (bicyclic) bond motifs is 1. The van der Waals surface area contributed by atoms with Gasteiger partial charge in [0.1, 0.15) is 6.61 Å². The van der Waals surface area contributed by atoms with Crippen LogP contribution in [-0.4, -0.2) is 18.1 Å². The standard InChI is InChI=1S/C8H9ClN2O.2ClH/c9-7-1-2-11-8-6(7)5-10-3-4-12-8;;/h1-2,10H,3-5H2;2*1H. The van der Waals surface area contributed by atoms with Crippen molar-refractivity contribution in [3.05, 3.63) is 22.8 Å². The molecule has 0 saturated carbocycles. The van der Waals surface area contributed by atoms with Crippen LogP contribution in [0.4, 0.5) is 0 Å². The van der Waals surface area contributed by atoms with Crippen molar-refractivity contribution < 1.29 is 4.74 Å². The fourth-order valence-corrected chi connectivity index (χ4v) is 1.37. The Morgan fingerprint density at radius 2 is 2.21 bits per heavy atom. The molecule has 0 aliphatic carbocycles. The summed E-state index contributed by atoms with van der Waals surface area (Å²) in [6.07, 6.45) is 1.66. The molecule has 1 aromatic rings. The van der Waals surface area contributed by atoms with Gasteiger partial charge in [-0.3, -0.25) is 0 Å². The Morgan fingerprint density at radius 1 is 1.43 bits per heavy atom. The molecule has 2 heterocycles. The first-order chi connectivity index (χ1) is 5.88. The summed E-state index contributed by atoms with van der Waals surface area (Å²) in [6, 6.07) is 1.77. The molecule has 3 nitrogen and oxygen atoms in total. The minimum atomic E-state index is 0. The maximum atomic E-state index is 5.95. The Hall–Kier alpha value is -0.220. The molecule has 0 fully saturated rings. The molecule has 1 aliphatic rings. The Morgan fingerprint density at radius 3 is 3.00 bits per heavy atom. The normalized spacial score (nSPS) is 13.8. The molecule has 0 amide bonds. The highest BCUT2D eigenvalue weighted by atomic mass is 35.5. The Bertz CT molecular complexity index is 296. The number of hydrogen-bond donors (Lipinski definition) is 1. The molecular formula is C8H11Cl3N2O. The van der Waals surface area contributed by atoms with Crippen LogP contribution in [0.2, 0.25) is 5.02 Å². The first kappa shape index (κ1) is 13.8. The van der Waals surface area contributed by atoms with Crippen LogP contribution in [0.25, 0.3) is 0 Å². The zero-order valence-electron chi connectivity index (χ0n) is 7.33. The fourth-order valence-electron chi connectivity index (χ4n) is 1.17. The quantitative estimate of drug-likeness (QED) is 0.772. The van der Waals surface area contributed by atoms with Gasteiger partial charge < -0.3 is 10.1 Å². The molecule has 2 rings (SSSR count). The Balaban J connectivity index is 0.000000845. The largest absolute Gasteiger partial charge is 0.476 e. The van der Waals surface area contributed by atoms with Gasteiger partial charge in [0, 0.05) is 24.8 Å². The zero-order chi connectivity index (χ0) is 8.39. The lowest BCUT2D eigenvalue weighted by molar-refractivity contribution is 0.314. The van der Waals surface area contributed by atoms with Crippen LogP contribution in [0, 0.1) is 0 Å². The van der Waals surface area contributed by atoms with Gasteiger partial charge in [-0.25, -0.2) is 4.98 Å². The van der Waals surface area contributed by atoms with E-state index < -0.39 is 0 Å². The summed E-state index contributed by atoms with van der Waals surface area (Å²) in [7, 11) is 0. The van der Waals surface area contributed by atoms with Crippen molar-refractivity contribution in [2.45, 2.75) is 6.54 Å². The molecule has 0 saturated heterocycles. The molecule has 0 atom stereocenters. The summed E-state index contributed by atoms with van der Waals surface area (Å²) in [5, 5.41) is 3.91. The second-order valence-corrected chi connectivity index (χ2v) is 3.01. The first-order valence-electron chi connectivity index (χ1n) is 3.85. The van der Waals surface area contributed by atoms with Crippen molar-refractivity contribution in [3.8, 4) is 5.88 Å². The molecule has 1 N–H and O–H groups in total. The zero-order valence-corrected chi connectivity index (χ0v) is 9.71. The van der Waals surface area contributed by atoms with Crippen molar-refractivity contribution in [2.24, 2.45) is 0 Å². The number of aromatic nitrogens is 1. The van der Waals surface area contributed by atoms with E-state index >= 15 is 0 Å². The topological polar surface area (TPSA) is 34.2 Å². The van der Waals surface area contributed by atoms with Crippen LogP contribution >= 0.6 is 36.4 Å². The van der Waals surface area contributed by atoms with E-state index in [2.05, 4.69) is 10.3 Å². The molecule has 0 spiro atoms. The van der Waals surface area contributed by atoms with Crippen LogP contribution in [-0.2, 0) is 6.54 Å². The highest BCUT2D eigenvalue weighted by Crippen LogP contribution is 2.24. The fraction of sp³-hybridized carbons (Fsp3) is 0.375. The smallest absolute Gasteiger partial charge is 0.219 e. The van der Waals surface area contributed by atoms with Gasteiger partial charge in [-0.2, -0.15) is 0 Å². The number of pyridine rings is 1. The average molecular weight is 258 g/mol. The monoisotopic (exact) mass is 256 g/mol. The van der Waals surface area contributed by atoms with Crippen LogP contribution in [0.5, 0.6) is 5.88 Å². The van der Waals surface area contributed by atoms with E-state index in [4.69, 9.17) is 16.3 Å². The predicted molar refractivity (Wildman–Crippen MR) is 60.9 cm³/mol. The minimum Gasteiger partial charge on any atom is -0.476 e. The summed E-state index contributed by atoms with van der Waals surface area (Å²) in [5.74, 6) is 0.660. The van der Waals surface area contributed by atoms with Crippen molar-refractivity contribution in [1.82, 2.24) is 10.3 Å². The van der Waals surface area contributed by atoms with E-state index in [-0.39, 0.29) is 24.8 Å². The minimum absolute atomic E-state index is 0. The van der Waals surface area contributed by atoms with E-state index in [1.165, 1.54) is 0 Å². The molecule has 1 aromatic heterocycles. The third-order valence-corrected chi connectivity index (χ3v) is 2.13. The van der Waals surface area contributed by atoms with Gasteiger partial charge in [-0.05, 0) is 6.07 Å². The van der Waals surface area contributed by atoms with Crippen LogP contribution in [0.15, 0.2) is 12.3 Å². The molecule has 14 heavy (non-hydrogen) atoms. The Kier molecular flexibility index (Phi) is 6.20. The van der Waals surface area contributed by atoms with Gasteiger partial charge in [-0.1, -0.05) is 11.6 Å². The van der Waals surface area contributed by atoms with Crippen LogP contribution < -0.4 is 10.1 Å². The first-order valence-corrected chi connectivity index (χ1v) is 4.22. The predicted octanol–water partition coefficient (Wildman–Crippen LogP) is 2.06. The summed E-state index contributed by atoms with van der Waals surface area (Å²) in [4.78, 5) is 4.09. The van der Waals surface area contributed by atoms with Crippen molar-refractivity contribution >= 4 is 36.4 Å². The van der Waals surface area contributed by atoms with Crippen molar-refractivity contribution in [2.75, 3.05) is 13.2 Å². The maximum Gasteiger partial charge on any atom is 0.219 e. The lowest BCUT2D eigenvalue weighted by atomic mass is 10.3. The van der Waals surface area contributed by atoms with E-state index in [0.29, 0.717) is 12.5 Å². The van der Waals surface area contributed by atoms with E-state index in [9.17, 15) is 0 Å². The molecular weight excluding hydrogens is 246 g/mol. The lowest BCUT2D eigenvalue weighted by Crippen LogP contribution is -2.16. The van der Waals surface area contributed by atoms with Crippen molar-refractivity contribution in [1.29, 1.82) is 0 Å². The van der Waals surface area contributed by atoms with Crippen LogP contribution in [0.3, 0.4) is 0 Å². The molecule has 80 valence electrons. The summed E-state index contributed by atoms with van der Waals surface area (Å²) in [5.41, 5.74) is 0.955. The number of rotatable bonds is 0. The van der Waals surface area contributed by atoms with Gasteiger partial charge in [0.15, 0.2) is 0 Å². The highest BCUT2D eigenvalue weighted by Gasteiger charge is 2.11. The summed E-state index contributed by atoms with van der Waals surface area (Å²) in [6.45, 7) is 2.23. The molecule has 0 unspecified atom stereocenters. The molecule has 0 bridgehead atoms. The summed E-state index contributed by atoms with van der Waals surface area (Å²) < 4.78 is 5.37. The van der Waals surface area contributed by atoms with E-state index in [1.54, 1.807) is 12.3 Å². The lowest BCUT2D eigenvalue weighted by Gasteiger charge is -2.05. The van der Waals surface area contributed by atoms with E-state index in [0.717, 1.165) is 23.7 Å². The Labute approximate surface area is 100 Å². The second kappa shape index (κ2) is 6.30. The van der Waals surface area contributed by atoms with Gasteiger partial charge in [0.25, 0.3) is 0 Å². The highest BCUT2D eigenvalue weighted by molar-refractivity contribution is 6.31.